The number of amides is 1. The highest BCUT2D eigenvalue weighted by molar-refractivity contribution is 6.34. The number of nitrogens with zero attached hydrogens (tertiary/aromatic N) is 3. The number of rotatable bonds is 4. The molecule has 1 aromatic heterocycles. The molecule has 0 spiro atoms. The third kappa shape index (κ3) is 4.68. The molecule has 1 saturated heterocycles. The number of nitrogens with one attached hydrogen (secondary N) is 1. The number of aryl methyl sites for hydroxylation is 2. The van der Waals surface area contributed by atoms with Gasteiger partial charge in [0.05, 0.1) is 22.9 Å². The standard InChI is InChI=1S/C26H24ClFN4O2/c1-16-3-4-17(14-29)13-22(16)30-24-21(15-31(2)26(34)23(24)27)25(33)32-11-9-19(10-12-32)18-5-7-20(28)8-6-18/h3-8,13,15,19,30H,9-12H2,1-2H3. The topological polar surface area (TPSA) is 78.1 Å². The summed E-state index contributed by atoms with van der Waals surface area (Å²) in [6, 6.07) is 13.7. The number of hydrogen-bond acceptors (Lipinski definition) is 4. The Bertz CT molecular complexity index is 1340. The fourth-order valence-electron chi connectivity index (χ4n) is 4.26. The van der Waals surface area contributed by atoms with Crippen LogP contribution in [0.4, 0.5) is 15.8 Å². The maximum Gasteiger partial charge on any atom is 0.271 e. The van der Waals surface area contributed by atoms with Gasteiger partial charge in [-0.2, -0.15) is 5.26 Å². The molecular weight excluding hydrogens is 455 g/mol. The lowest BCUT2D eigenvalue weighted by atomic mass is 9.89. The fourth-order valence-corrected chi connectivity index (χ4v) is 4.55. The van der Waals surface area contributed by atoms with Gasteiger partial charge in [0, 0.05) is 32.0 Å². The Balaban J connectivity index is 1.61. The predicted molar refractivity (Wildman–Crippen MR) is 130 cm³/mol. The molecule has 0 atom stereocenters. The SMILES string of the molecule is Cc1ccc(C#N)cc1Nc1c(C(=O)N2CCC(c3ccc(F)cc3)CC2)cn(C)c(=O)c1Cl. The lowest BCUT2D eigenvalue weighted by Gasteiger charge is -2.33. The molecule has 3 aromatic rings. The Labute approximate surface area is 202 Å². The Morgan fingerprint density at radius 3 is 2.50 bits per heavy atom. The first-order valence-electron chi connectivity index (χ1n) is 11.0. The number of likely N-dealkylation sites (tertiary alicyclic amines) is 1. The highest BCUT2D eigenvalue weighted by atomic mass is 35.5. The Hall–Kier alpha value is -3.63. The van der Waals surface area contributed by atoms with E-state index in [4.69, 9.17) is 11.6 Å². The minimum absolute atomic E-state index is 0.0868. The van der Waals surface area contributed by atoms with E-state index in [0.29, 0.717) is 24.3 Å². The number of pyridine rings is 1. The molecule has 2 heterocycles. The van der Waals surface area contributed by atoms with Crippen molar-refractivity contribution in [3.05, 3.63) is 92.1 Å². The van der Waals surface area contributed by atoms with Gasteiger partial charge in [-0.15, -0.1) is 0 Å². The number of carbonyl (C=O) groups excluding carboxylic acids is 1. The van der Waals surface area contributed by atoms with Crippen molar-refractivity contribution in [3.8, 4) is 6.07 Å². The van der Waals surface area contributed by atoms with E-state index in [0.717, 1.165) is 24.0 Å². The molecule has 0 aliphatic carbocycles. The van der Waals surface area contributed by atoms with E-state index in [-0.39, 0.29) is 33.9 Å². The molecule has 4 rings (SSSR count). The van der Waals surface area contributed by atoms with Crippen LogP contribution in [0.2, 0.25) is 5.02 Å². The number of benzene rings is 2. The van der Waals surface area contributed by atoms with Crippen LogP contribution in [0.25, 0.3) is 0 Å². The highest BCUT2D eigenvalue weighted by Crippen LogP contribution is 2.32. The van der Waals surface area contributed by atoms with Crippen LogP contribution in [0, 0.1) is 24.1 Å². The maximum atomic E-state index is 13.5. The van der Waals surface area contributed by atoms with E-state index in [1.54, 1.807) is 42.3 Å². The van der Waals surface area contributed by atoms with Crippen molar-refractivity contribution in [1.82, 2.24) is 9.47 Å². The summed E-state index contributed by atoms with van der Waals surface area (Å²) in [7, 11) is 1.55. The molecular formula is C26H24ClFN4O2. The number of aromatic nitrogens is 1. The second kappa shape index (κ2) is 9.70. The molecule has 1 amide bonds. The zero-order chi connectivity index (χ0) is 24.4. The first-order valence-corrected chi connectivity index (χ1v) is 11.4. The molecule has 1 aliphatic rings. The molecule has 6 nitrogen and oxygen atoms in total. The number of hydrogen-bond donors (Lipinski definition) is 1. The predicted octanol–water partition coefficient (Wildman–Crippen LogP) is 5.12. The van der Waals surface area contributed by atoms with E-state index >= 15 is 0 Å². The largest absolute Gasteiger partial charge is 0.353 e. The van der Waals surface area contributed by atoms with Gasteiger partial charge < -0.3 is 14.8 Å². The smallest absolute Gasteiger partial charge is 0.271 e. The third-order valence-corrected chi connectivity index (χ3v) is 6.65. The van der Waals surface area contributed by atoms with Crippen LogP contribution < -0.4 is 10.9 Å². The number of halogens is 2. The third-order valence-electron chi connectivity index (χ3n) is 6.30. The van der Waals surface area contributed by atoms with Crippen molar-refractivity contribution < 1.29 is 9.18 Å². The average molecular weight is 479 g/mol. The van der Waals surface area contributed by atoms with Crippen LogP contribution in [0.15, 0.2) is 53.5 Å². The molecule has 2 aromatic carbocycles. The maximum absolute atomic E-state index is 13.5. The van der Waals surface area contributed by atoms with Gasteiger partial charge in [-0.3, -0.25) is 9.59 Å². The summed E-state index contributed by atoms with van der Waals surface area (Å²) < 4.78 is 14.6. The Kier molecular flexibility index (Phi) is 6.71. The van der Waals surface area contributed by atoms with Crippen LogP contribution >= 0.6 is 11.6 Å². The summed E-state index contributed by atoms with van der Waals surface area (Å²) in [4.78, 5) is 27.8. The van der Waals surface area contributed by atoms with Crippen molar-refractivity contribution in [1.29, 1.82) is 5.26 Å². The van der Waals surface area contributed by atoms with Crippen molar-refractivity contribution in [2.75, 3.05) is 18.4 Å². The minimum Gasteiger partial charge on any atom is -0.353 e. The molecule has 0 bridgehead atoms. The van der Waals surface area contributed by atoms with Gasteiger partial charge in [0.2, 0.25) is 0 Å². The first kappa shape index (κ1) is 23.5. The van der Waals surface area contributed by atoms with Crippen molar-refractivity contribution in [2.45, 2.75) is 25.7 Å². The summed E-state index contributed by atoms with van der Waals surface area (Å²) >= 11 is 6.42. The quantitative estimate of drug-likeness (QED) is 0.564. The summed E-state index contributed by atoms with van der Waals surface area (Å²) in [5, 5.41) is 12.3. The summed E-state index contributed by atoms with van der Waals surface area (Å²) in [6.07, 6.45) is 3.00. The second-order valence-electron chi connectivity index (χ2n) is 8.53. The van der Waals surface area contributed by atoms with E-state index in [1.165, 1.54) is 22.9 Å². The molecule has 0 unspecified atom stereocenters. The van der Waals surface area contributed by atoms with Crippen molar-refractivity contribution in [2.24, 2.45) is 7.05 Å². The van der Waals surface area contributed by atoms with Gasteiger partial charge >= 0.3 is 0 Å². The van der Waals surface area contributed by atoms with Crippen LogP contribution in [-0.2, 0) is 7.05 Å². The van der Waals surface area contributed by atoms with Gasteiger partial charge in [0.1, 0.15) is 10.8 Å². The molecule has 0 radical (unpaired) electrons. The molecule has 1 fully saturated rings. The highest BCUT2D eigenvalue weighted by Gasteiger charge is 2.28. The zero-order valence-corrected chi connectivity index (χ0v) is 19.7. The number of nitriles is 1. The summed E-state index contributed by atoms with van der Waals surface area (Å²) in [6.45, 7) is 2.92. The second-order valence-corrected chi connectivity index (χ2v) is 8.91. The first-order chi connectivity index (χ1) is 16.3. The average Bonchev–Trinajstić information content (AvgIpc) is 2.85. The van der Waals surface area contributed by atoms with Gasteiger partial charge in [-0.05, 0) is 61.1 Å². The minimum atomic E-state index is -0.426. The lowest BCUT2D eigenvalue weighted by Crippen LogP contribution is -2.39. The molecule has 0 saturated carbocycles. The van der Waals surface area contributed by atoms with Crippen LogP contribution in [0.5, 0.6) is 0 Å². The molecule has 34 heavy (non-hydrogen) atoms. The van der Waals surface area contributed by atoms with Crippen molar-refractivity contribution >= 4 is 28.9 Å². The lowest BCUT2D eigenvalue weighted by molar-refractivity contribution is 0.0713. The van der Waals surface area contributed by atoms with Gasteiger partial charge in [-0.1, -0.05) is 29.8 Å². The van der Waals surface area contributed by atoms with Crippen LogP contribution in [-0.4, -0.2) is 28.5 Å². The fraction of sp³-hybridized carbons (Fsp3) is 0.269. The van der Waals surface area contributed by atoms with Gasteiger partial charge in [0.15, 0.2) is 0 Å². The van der Waals surface area contributed by atoms with Crippen LogP contribution in [0.3, 0.4) is 0 Å². The summed E-state index contributed by atoms with van der Waals surface area (Å²) in [5.74, 6) is -0.243. The molecule has 1 N–H and O–H groups in total. The van der Waals surface area contributed by atoms with Gasteiger partial charge in [0.25, 0.3) is 11.5 Å². The van der Waals surface area contributed by atoms with Crippen LogP contribution in [0.1, 0.15) is 45.8 Å². The molecule has 174 valence electrons. The van der Waals surface area contributed by atoms with E-state index in [2.05, 4.69) is 11.4 Å². The van der Waals surface area contributed by atoms with E-state index in [9.17, 15) is 19.2 Å². The Morgan fingerprint density at radius 1 is 1.18 bits per heavy atom. The normalized spacial score (nSPS) is 14.0. The van der Waals surface area contributed by atoms with Crippen molar-refractivity contribution in [3.63, 3.8) is 0 Å². The summed E-state index contributed by atoms with van der Waals surface area (Å²) in [5.41, 5.74) is 3.04. The molecule has 8 heteroatoms. The monoisotopic (exact) mass is 478 g/mol. The molecule has 1 aliphatic heterocycles. The number of carbonyl (C=O) groups is 1. The van der Waals surface area contributed by atoms with E-state index < -0.39 is 5.56 Å². The zero-order valence-electron chi connectivity index (χ0n) is 18.9. The van der Waals surface area contributed by atoms with Gasteiger partial charge in [-0.25, -0.2) is 4.39 Å². The number of piperidine rings is 1. The Morgan fingerprint density at radius 2 is 1.85 bits per heavy atom. The van der Waals surface area contributed by atoms with E-state index in [1.807, 2.05) is 6.92 Å². The number of anilines is 2.